The molecule has 1 nitrogen and oxygen atoms in total. The van der Waals surface area contributed by atoms with Gasteiger partial charge in [-0.2, -0.15) is 4.57 Å². The third-order valence-electron chi connectivity index (χ3n) is 13.4. The van der Waals surface area contributed by atoms with Gasteiger partial charge in [0.25, 0.3) is 0 Å². The standard InChI is InChI=1S/C51H44N/c1-8-50(9-2)34(7)38-20-18-36(29-44(38)49-39-15-11-10-14-35(39)22-23-52(49)50)37-19-21-46-43(28-37)40-16-12-13-17-45(40)51(46)47-26-32(5)30(3)24-41(47)42-25-31(4)33(6)27-48(42)51/h10-29H,7-9H2,1-6H3/q+1. The highest BCUT2D eigenvalue weighted by molar-refractivity contribution is 6.00. The van der Waals surface area contributed by atoms with Crippen molar-refractivity contribution in [3.63, 3.8) is 0 Å². The summed E-state index contributed by atoms with van der Waals surface area (Å²) in [6, 6.07) is 44.6. The van der Waals surface area contributed by atoms with Crippen LogP contribution in [0.25, 0.3) is 61.0 Å². The molecule has 0 N–H and O–H groups in total. The van der Waals surface area contributed by atoms with Gasteiger partial charge in [-0.3, -0.25) is 0 Å². The number of benzene rings is 6. The van der Waals surface area contributed by atoms with E-state index in [0.717, 1.165) is 12.8 Å². The van der Waals surface area contributed by atoms with E-state index in [1.54, 1.807) is 0 Å². The summed E-state index contributed by atoms with van der Waals surface area (Å²) in [5.41, 5.74) is 23.4. The van der Waals surface area contributed by atoms with Crippen molar-refractivity contribution in [3.8, 4) is 44.6 Å². The van der Waals surface area contributed by atoms with Gasteiger partial charge in [0.1, 0.15) is 0 Å². The Morgan fingerprint density at radius 1 is 0.500 bits per heavy atom. The first kappa shape index (κ1) is 31.2. The first-order valence-electron chi connectivity index (χ1n) is 19.0. The Morgan fingerprint density at radius 3 is 1.75 bits per heavy atom. The summed E-state index contributed by atoms with van der Waals surface area (Å²) < 4.78 is 2.54. The summed E-state index contributed by atoms with van der Waals surface area (Å²) in [5, 5.41) is 2.56. The SMILES string of the molecule is C=C1c2ccc(-c3ccc4c(c3)-c3ccccc3C43c4cc(C)c(C)cc4-c4cc(C)c(C)cc43)cc2-c2c3ccccc3cc[n+]2C1(CC)CC. The molecule has 0 bridgehead atoms. The normalized spacial score (nSPS) is 15.2. The quantitative estimate of drug-likeness (QED) is 0.165. The monoisotopic (exact) mass is 670 g/mol. The van der Waals surface area contributed by atoms with E-state index >= 15 is 0 Å². The first-order chi connectivity index (χ1) is 25.2. The molecule has 52 heavy (non-hydrogen) atoms. The number of allylic oxidation sites excluding steroid dienone is 1. The third kappa shape index (κ3) is 3.76. The van der Waals surface area contributed by atoms with Crippen LogP contribution in [0.5, 0.6) is 0 Å². The number of pyridine rings is 1. The Kier molecular flexibility index (Phi) is 6.45. The molecule has 2 aliphatic carbocycles. The predicted octanol–water partition coefficient (Wildman–Crippen LogP) is 12.6. The summed E-state index contributed by atoms with van der Waals surface area (Å²) in [6.45, 7) is 18.4. The zero-order valence-corrected chi connectivity index (χ0v) is 31.1. The molecule has 1 aliphatic heterocycles. The molecule has 1 aromatic heterocycles. The molecular weight excluding hydrogens is 627 g/mol. The first-order valence-corrected chi connectivity index (χ1v) is 19.0. The fraction of sp³-hybridized carbons (Fsp3) is 0.196. The van der Waals surface area contributed by atoms with Crippen LogP contribution in [0.2, 0.25) is 0 Å². The lowest BCUT2D eigenvalue weighted by Crippen LogP contribution is -2.59. The summed E-state index contributed by atoms with van der Waals surface area (Å²) >= 11 is 0. The van der Waals surface area contributed by atoms with Gasteiger partial charge in [0.15, 0.2) is 11.7 Å². The summed E-state index contributed by atoms with van der Waals surface area (Å²) in [7, 11) is 0. The molecule has 1 heteroatoms. The molecule has 0 radical (unpaired) electrons. The second kappa shape index (κ2) is 10.7. The summed E-state index contributed by atoms with van der Waals surface area (Å²) in [5.74, 6) is 0. The minimum Gasteiger partial charge on any atom is -0.188 e. The van der Waals surface area contributed by atoms with E-state index in [1.165, 1.54) is 111 Å². The van der Waals surface area contributed by atoms with E-state index in [2.05, 4.69) is 168 Å². The molecule has 10 rings (SSSR count). The van der Waals surface area contributed by atoms with Crippen LogP contribution in [0.4, 0.5) is 0 Å². The average molecular weight is 671 g/mol. The number of rotatable bonds is 3. The molecule has 252 valence electrons. The van der Waals surface area contributed by atoms with Gasteiger partial charge < -0.3 is 0 Å². The van der Waals surface area contributed by atoms with Gasteiger partial charge in [0.05, 0.1) is 16.4 Å². The molecule has 2 heterocycles. The second-order valence-electron chi connectivity index (χ2n) is 15.6. The molecule has 0 fully saturated rings. The molecular formula is C51H44N+. The molecule has 0 atom stereocenters. The maximum Gasteiger partial charge on any atom is 0.221 e. The topological polar surface area (TPSA) is 3.88 Å². The van der Waals surface area contributed by atoms with E-state index in [-0.39, 0.29) is 11.0 Å². The van der Waals surface area contributed by atoms with E-state index in [9.17, 15) is 0 Å². The van der Waals surface area contributed by atoms with Gasteiger partial charge in [0, 0.05) is 24.5 Å². The van der Waals surface area contributed by atoms with Crippen LogP contribution >= 0.6 is 0 Å². The molecule has 0 saturated carbocycles. The van der Waals surface area contributed by atoms with Gasteiger partial charge in [0.2, 0.25) is 5.69 Å². The Hall–Kier alpha value is -5.53. The Bertz CT molecular complexity index is 2660. The minimum absolute atomic E-state index is 0.152. The number of aromatic nitrogens is 1. The summed E-state index contributed by atoms with van der Waals surface area (Å²) in [4.78, 5) is 0. The lowest BCUT2D eigenvalue weighted by Gasteiger charge is -2.35. The fourth-order valence-corrected chi connectivity index (χ4v) is 10.3. The van der Waals surface area contributed by atoms with E-state index < -0.39 is 0 Å². The average Bonchev–Trinajstić information content (AvgIpc) is 3.60. The Balaban J connectivity index is 1.22. The van der Waals surface area contributed by atoms with Crippen LogP contribution in [0.1, 0.15) is 76.8 Å². The number of hydrogen-bond acceptors (Lipinski definition) is 0. The van der Waals surface area contributed by atoms with Crippen molar-refractivity contribution in [2.24, 2.45) is 0 Å². The van der Waals surface area contributed by atoms with Crippen LogP contribution in [0.3, 0.4) is 0 Å². The lowest BCUT2D eigenvalue weighted by atomic mass is 9.70. The zero-order valence-electron chi connectivity index (χ0n) is 31.1. The van der Waals surface area contributed by atoms with Crippen molar-refractivity contribution in [3.05, 3.63) is 178 Å². The highest BCUT2D eigenvalue weighted by Crippen LogP contribution is 2.63. The maximum absolute atomic E-state index is 4.78. The minimum atomic E-state index is -0.349. The van der Waals surface area contributed by atoms with Gasteiger partial charge in [-0.05, 0) is 135 Å². The highest BCUT2D eigenvalue weighted by Gasteiger charge is 2.52. The van der Waals surface area contributed by atoms with E-state index in [0.29, 0.717) is 0 Å². The van der Waals surface area contributed by atoms with Crippen LogP contribution in [0.15, 0.2) is 128 Å². The van der Waals surface area contributed by atoms with E-state index in [4.69, 9.17) is 6.58 Å². The van der Waals surface area contributed by atoms with Crippen molar-refractivity contribution in [1.29, 1.82) is 0 Å². The number of nitrogens with zero attached hydrogens (tertiary/aromatic N) is 1. The van der Waals surface area contributed by atoms with Crippen molar-refractivity contribution >= 4 is 16.3 Å². The largest absolute Gasteiger partial charge is 0.221 e. The highest BCUT2D eigenvalue weighted by atomic mass is 15.1. The van der Waals surface area contributed by atoms with Crippen molar-refractivity contribution < 1.29 is 4.57 Å². The van der Waals surface area contributed by atoms with Gasteiger partial charge in [-0.1, -0.05) is 111 Å². The smallest absolute Gasteiger partial charge is 0.188 e. The zero-order chi connectivity index (χ0) is 35.7. The van der Waals surface area contributed by atoms with Crippen LogP contribution in [-0.2, 0) is 11.0 Å². The van der Waals surface area contributed by atoms with Crippen LogP contribution in [0, 0.1) is 27.7 Å². The number of aryl methyl sites for hydroxylation is 4. The van der Waals surface area contributed by atoms with Gasteiger partial charge in [-0.25, -0.2) is 0 Å². The van der Waals surface area contributed by atoms with Gasteiger partial charge >= 0.3 is 0 Å². The predicted molar refractivity (Wildman–Crippen MR) is 218 cm³/mol. The van der Waals surface area contributed by atoms with Gasteiger partial charge in [-0.15, -0.1) is 0 Å². The van der Waals surface area contributed by atoms with Crippen LogP contribution < -0.4 is 4.57 Å². The number of hydrogen-bond donors (Lipinski definition) is 0. The summed E-state index contributed by atoms with van der Waals surface area (Å²) in [6.07, 6.45) is 4.30. The molecule has 0 unspecified atom stereocenters. The number of fused-ring (bicyclic) bond motifs is 15. The lowest BCUT2D eigenvalue weighted by molar-refractivity contribution is -0.740. The molecule has 1 spiro atoms. The van der Waals surface area contributed by atoms with Crippen molar-refractivity contribution in [2.75, 3.05) is 0 Å². The fourth-order valence-electron chi connectivity index (χ4n) is 10.3. The molecule has 0 amide bonds. The second-order valence-corrected chi connectivity index (χ2v) is 15.6. The molecule has 3 aliphatic rings. The van der Waals surface area contributed by atoms with E-state index in [1.807, 2.05) is 0 Å². The van der Waals surface area contributed by atoms with Crippen molar-refractivity contribution in [2.45, 2.75) is 65.3 Å². The Morgan fingerprint density at radius 2 is 1.06 bits per heavy atom. The van der Waals surface area contributed by atoms with Crippen LogP contribution in [-0.4, -0.2) is 0 Å². The molecule has 6 aromatic carbocycles. The molecule has 7 aromatic rings. The third-order valence-corrected chi connectivity index (χ3v) is 13.4. The molecule has 0 saturated heterocycles. The van der Waals surface area contributed by atoms with Crippen molar-refractivity contribution in [1.82, 2.24) is 0 Å². The maximum atomic E-state index is 4.78. The Labute approximate surface area is 308 Å².